The van der Waals surface area contributed by atoms with Crippen LogP contribution >= 0.6 is 0 Å². The van der Waals surface area contributed by atoms with Crippen LogP contribution in [0.3, 0.4) is 0 Å². The Morgan fingerprint density at radius 1 is 0.765 bits per heavy atom. The van der Waals surface area contributed by atoms with Gasteiger partial charge in [-0.2, -0.15) is 5.01 Å². The SMILES string of the molecule is COc1ccc(N2CCN(c3ccc(N4CN(CC(C)=O)N(CC(C)=O)C4=O)cc3)CC2)cc1. The first-order valence-electron chi connectivity index (χ1n) is 11.4. The Labute approximate surface area is 200 Å². The smallest absolute Gasteiger partial charge is 0.340 e. The third-order valence-electron chi connectivity index (χ3n) is 6.12. The van der Waals surface area contributed by atoms with E-state index in [0.717, 1.165) is 43.3 Å². The van der Waals surface area contributed by atoms with Gasteiger partial charge in [-0.25, -0.2) is 9.80 Å². The number of carbonyl (C=O) groups is 3. The molecule has 2 amide bonds. The summed E-state index contributed by atoms with van der Waals surface area (Å²) in [6.07, 6.45) is 0. The fourth-order valence-electron chi connectivity index (χ4n) is 4.38. The van der Waals surface area contributed by atoms with E-state index in [9.17, 15) is 14.4 Å². The minimum atomic E-state index is -0.294. The van der Waals surface area contributed by atoms with E-state index >= 15 is 0 Å². The van der Waals surface area contributed by atoms with Crippen LogP contribution in [0.15, 0.2) is 48.5 Å². The second-order valence-electron chi connectivity index (χ2n) is 8.67. The molecule has 0 unspecified atom stereocenters. The monoisotopic (exact) mass is 465 g/mol. The van der Waals surface area contributed by atoms with Gasteiger partial charge in [0.25, 0.3) is 0 Å². The normalized spacial score (nSPS) is 16.9. The molecule has 2 fully saturated rings. The van der Waals surface area contributed by atoms with Gasteiger partial charge in [0.15, 0.2) is 5.78 Å². The first-order valence-corrected chi connectivity index (χ1v) is 11.4. The van der Waals surface area contributed by atoms with Gasteiger partial charge in [-0.1, -0.05) is 0 Å². The van der Waals surface area contributed by atoms with Crippen molar-refractivity contribution in [1.82, 2.24) is 10.0 Å². The van der Waals surface area contributed by atoms with Crippen LogP contribution in [0, 0.1) is 0 Å². The number of hydrogen-bond donors (Lipinski definition) is 0. The van der Waals surface area contributed by atoms with Crippen LogP contribution in [0.25, 0.3) is 0 Å². The van der Waals surface area contributed by atoms with Crippen molar-refractivity contribution in [2.45, 2.75) is 13.8 Å². The molecule has 0 aliphatic carbocycles. The summed E-state index contributed by atoms with van der Waals surface area (Å²) in [7, 11) is 1.67. The first-order chi connectivity index (χ1) is 16.4. The molecule has 4 rings (SSSR count). The number of piperazine rings is 1. The van der Waals surface area contributed by atoms with E-state index in [4.69, 9.17) is 4.74 Å². The fraction of sp³-hybridized carbons (Fsp3) is 0.400. The quantitative estimate of drug-likeness (QED) is 0.593. The van der Waals surface area contributed by atoms with E-state index in [0.29, 0.717) is 0 Å². The molecule has 2 aromatic carbocycles. The number of anilines is 3. The molecular formula is C25H31N5O4. The summed E-state index contributed by atoms with van der Waals surface area (Å²) in [6, 6.07) is 15.7. The lowest BCUT2D eigenvalue weighted by molar-refractivity contribution is -0.125. The van der Waals surface area contributed by atoms with Crippen LogP contribution in [0.4, 0.5) is 21.9 Å². The Bertz CT molecular complexity index is 1030. The van der Waals surface area contributed by atoms with E-state index < -0.39 is 0 Å². The van der Waals surface area contributed by atoms with E-state index in [1.807, 2.05) is 36.4 Å². The molecule has 180 valence electrons. The summed E-state index contributed by atoms with van der Waals surface area (Å²) in [5.41, 5.74) is 3.03. The molecule has 9 nitrogen and oxygen atoms in total. The van der Waals surface area contributed by atoms with Crippen molar-refractivity contribution in [3.8, 4) is 5.75 Å². The standard InChI is InChI=1S/C25H31N5O4/c1-19(31)16-28-18-29(25(33)30(28)17-20(2)32)23-6-4-21(5-7-23)26-12-14-27(15-13-26)22-8-10-24(34-3)11-9-22/h4-11H,12-18H2,1-3H3. The highest BCUT2D eigenvalue weighted by Gasteiger charge is 2.37. The summed E-state index contributed by atoms with van der Waals surface area (Å²) in [6.45, 7) is 6.82. The summed E-state index contributed by atoms with van der Waals surface area (Å²) in [5.74, 6) is 0.660. The minimum absolute atomic E-state index is 0.0425. The molecule has 34 heavy (non-hydrogen) atoms. The number of ketones is 2. The van der Waals surface area contributed by atoms with Crippen LogP contribution < -0.4 is 19.4 Å². The number of rotatable bonds is 8. The van der Waals surface area contributed by atoms with Gasteiger partial charge in [0, 0.05) is 43.2 Å². The summed E-state index contributed by atoms with van der Waals surface area (Å²) < 4.78 is 5.24. The second kappa shape index (κ2) is 10.1. The molecule has 2 aliphatic rings. The second-order valence-corrected chi connectivity index (χ2v) is 8.67. The van der Waals surface area contributed by atoms with Crippen molar-refractivity contribution in [3.05, 3.63) is 48.5 Å². The Hall–Kier alpha value is -3.59. The number of carbonyl (C=O) groups excluding carboxylic acids is 3. The third-order valence-corrected chi connectivity index (χ3v) is 6.12. The number of methoxy groups -OCH3 is 1. The van der Waals surface area contributed by atoms with Crippen LogP contribution in [-0.2, 0) is 9.59 Å². The van der Waals surface area contributed by atoms with Gasteiger partial charge in [0.2, 0.25) is 0 Å². The third kappa shape index (κ3) is 5.14. The van der Waals surface area contributed by atoms with Crippen LogP contribution in [0.5, 0.6) is 5.75 Å². The Morgan fingerprint density at radius 3 is 1.71 bits per heavy atom. The fourth-order valence-corrected chi connectivity index (χ4v) is 4.38. The lowest BCUT2D eigenvalue weighted by atomic mass is 10.2. The molecule has 0 aromatic heterocycles. The number of nitrogens with zero attached hydrogens (tertiary/aromatic N) is 5. The molecule has 2 aromatic rings. The maximum atomic E-state index is 13.0. The van der Waals surface area contributed by atoms with Crippen LogP contribution in [-0.4, -0.2) is 80.7 Å². The number of Topliss-reactive ketones (excluding diaryl/α,β-unsaturated/α-hetero) is 2. The molecular weight excluding hydrogens is 434 g/mol. The Morgan fingerprint density at radius 2 is 1.24 bits per heavy atom. The topological polar surface area (TPSA) is 76.6 Å². The molecule has 0 bridgehead atoms. The molecule has 0 atom stereocenters. The van der Waals surface area contributed by atoms with Gasteiger partial charge in [0.05, 0.1) is 26.9 Å². The molecule has 0 saturated carbocycles. The van der Waals surface area contributed by atoms with Gasteiger partial charge in [-0.05, 0) is 62.4 Å². The highest BCUT2D eigenvalue weighted by molar-refractivity contribution is 5.96. The van der Waals surface area contributed by atoms with E-state index in [-0.39, 0.29) is 37.4 Å². The minimum Gasteiger partial charge on any atom is -0.497 e. The van der Waals surface area contributed by atoms with Crippen molar-refractivity contribution in [2.75, 3.05) is 67.7 Å². The zero-order valence-electron chi connectivity index (χ0n) is 19.9. The largest absolute Gasteiger partial charge is 0.497 e. The highest BCUT2D eigenvalue weighted by atomic mass is 16.5. The zero-order chi connectivity index (χ0) is 24.2. The molecule has 0 N–H and O–H groups in total. The average molecular weight is 466 g/mol. The zero-order valence-corrected chi connectivity index (χ0v) is 19.9. The maximum Gasteiger partial charge on any atom is 0.340 e. The Kier molecular flexibility index (Phi) is 7.02. The van der Waals surface area contributed by atoms with Crippen molar-refractivity contribution in [1.29, 1.82) is 0 Å². The molecule has 2 saturated heterocycles. The van der Waals surface area contributed by atoms with Crippen molar-refractivity contribution < 1.29 is 19.1 Å². The highest BCUT2D eigenvalue weighted by Crippen LogP contribution is 2.27. The molecule has 0 radical (unpaired) electrons. The molecule has 2 aliphatic heterocycles. The van der Waals surface area contributed by atoms with Crippen molar-refractivity contribution in [3.63, 3.8) is 0 Å². The van der Waals surface area contributed by atoms with Gasteiger partial charge < -0.3 is 14.5 Å². The summed E-state index contributed by atoms with van der Waals surface area (Å²) in [5, 5.41) is 2.98. The number of ether oxygens (including phenoxy) is 1. The molecule has 9 heteroatoms. The lowest BCUT2D eigenvalue weighted by Crippen LogP contribution is -2.46. The van der Waals surface area contributed by atoms with E-state index in [1.54, 1.807) is 17.0 Å². The van der Waals surface area contributed by atoms with Gasteiger partial charge in [0.1, 0.15) is 11.5 Å². The van der Waals surface area contributed by atoms with Crippen LogP contribution in [0.1, 0.15) is 13.8 Å². The van der Waals surface area contributed by atoms with Gasteiger partial charge >= 0.3 is 6.03 Å². The van der Waals surface area contributed by atoms with Crippen molar-refractivity contribution >= 4 is 34.7 Å². The van der Waals surface area contributed by atoms with Crippen LogP contribution in [0.2, 0.25) is 0 Å². The first kappa shape index (κ1) is 23.6. The number of hydrogen-bond acceptors (Lipinski definition) is 7. The van der Waals surface area contributed by atoms with E-state index in [2.05, 4.69) is 21.9 Å². The number of benzene rings is 2. The lowest BCUT2D eigenvalue weighted by Gasteiger charge is -2.37. The van der Waals surface area contributed by atoms with Gasteiger partial charge in [-0.3, -0.25) is 14.5 Å². The number of hydrazine groups is 1. The predicted octanol–water partition coefficient (Wildman–Crippen LogP) is 2.62. The number of amides is 2. The Balaban J connectivity index is 1.39. The molecule has 0 spiro atoms. The maximum absolute atomic E-state index is 13.0. The predicted molar refractivity (Wildman–Crippen MR) is 131 cm³/mol. The molecule has 2 heterocycles. The van der Waals surface area contributed by atoms with E-state index in [1.165, 1.54) is 24.5 Å². The average Bonchev–Trinajstić information content (AvgIpc) is 3.13. The number of urea groups is 1. The summed E-state index contributed by atoms with van der Waals surface area (Å²) >= 11 is 0. The van der Waals surface area contributed by atoms with Gasteiger partial charge in [-0.15, -0.1) is 0 Å². The summed E-state index contributed by atoms with van der Waals surface area (Å²) in [4.78, 5) is 42.5. The van der Waals surface area contributed by atoms with Crippen molar-refractivity contribution in [2.24, 2.45) is 0 Å².